The van der Waals surface area contributed by atoms with Crippen LogP contribution in [0.3, 0.4) is 0 Å². The average Bonchev–Trinajstić information content (AvgIpc) is 2.76. The number of rotatable bonds is 3. The third-order valence-corrected chi connectivity index (χ3v) is 2.61. The zero-order valence-electron chi connectivity index (χ0n) is 10.8. The Hall–Kier alpha value is -2.21. The van der Waals surface area contributed by atoms with E-state index in [0.717, 1.165) is 23.4 Å². The fourth-order valence-corrected chi connectivity index (χ4v) is 1.75. The summed E-state index contributed by atoms with van der Waals surface area (Å²) in [5.74, 6) is 6.23. The van der Waals surface area contributed by atoms with Gasteiger partial charge in [-0.3, -0.25) is 4.68 Å². The molecule has 0 fully saturated rings. The standard InChI is InChI=1S/C15H17N3/c1-3-14-15(12-18(2)17-14)16-11-7-10-13-8-5-4-6-9-13/h4-6,8-9,12,16H,3,11H2,1-2H3. The summed E-state index contributed by atoms with van der Waals surface area (Å²) in [7, 11) is 1.93. The number of hydrogen-bond donors (Lipinski definition) is 1. The van der Waals surface area contributed by atoms with Crippen molar-refractivity contribution in [2.45, 2.75) is 13.3 Å². The van der Waals surface area contributed by atoms with Crippen molar-refractivity contribution in [2.24, 2.45) is 7.05 Å². The summed E-state index contributed by atoms with van der Waals surface area (Å²) in [6.45, 7) is 2.73. The predicted molar refractivity (Wildman–Crippen MR) is 74.4 cm³/mol. The number of benzene rings is 1. The molecule has 0 aliphatic heterocycles. The molecule has 0 spiro atoms. The van der Waals surface area contributed by atoms with Gasteiger partial charge in [0.15, 0.2) is 0 Å². The van der Waals surface area contributed by atoms with Crippen LogP contribution in [0.25, 0.3) is 0 Å². The number of aromatic nitrogens is 2. The smallest absolute Gasteiger partial charge is 0.0853 e. The summed E-state index contributed by atoms with van der Waals surface area (Å²) in [6, 6.07) is 10.00. The van der Waals surface area contributed by atoms with Crippen LogP contribution in [0.4, 0.5) is 5.69 Å². The van der Waals surface area contributed by atoms with Gasteiger partial charge in [0.05, 0.1) is 17.9 Å². The quantitative estimate of drug-likeness (QED) is 0.834. The van der Waals surface area contributed by atoms with E-state index in [9.17, 15) is 0 Å². The minimum absolute atomic E-state index is 0.633. The van der Waals surface area contributed by atoms with Crippen molar-refractivity contribution in [1.29, 1.82) is 0 Å². The Morgan fingerprint density at radius 2 is 2.06 bits per heavy atom. The van der Waals surface area contributed by atoms with Crippen molar-refractivity contribution in [3.8, 4) is 11.8 Å². The maximum absolute atomic E-state index is 4.37. The van der Waals surface area contributed by atoms with Crippen molar-refractivity contribution < 1.29 is 0 Å². The van der Waals surface area contributed by atoms with Gasteiger partial charge in [-0.15, -0.1) is 0 Å². The van der Waals surface area contributed by atoms with Crippen molar-refractivity contribution >= 4 is 5.69 Å². The second kappa shape index (κ2) is 5.92. The van der Waals surface area contributed by atoms with E-state index in [-0.39, 0.29) is 0 Å². The van der Waals surface area contributed by atoms with Gasteiger partial charge in [0, 0.05) is 18.8 Å². The number of hydrogen-bond acceptors (Lipinski definition) is 2. The molecule has 2 aromatic rings. The zero-order chi connectivity index (χ0) is 12.8. The Morgan fingerprint density at radius 1 is 1.28 bits per heavy atom. The Balaban J connectivity index is 1.95. The largest absolute Gasteiger partial charge is 0.371 e. The molecule has 92 valence electrons. The van der Waals surface area contributed by atoms with Gasteiger partial charge in [-0.05, 0) is 18.6 Å². The third kappa shape index (κ3) is 3.14. The molecule has 0 saturated heterocycles. The maximum Gasteiger partial charge on any atom is 0.0853 e. The molecule has 0 radical (unpaired) electrons. The fourth-order valence-electron chi connectivity index (χ4n) is 1.75. The van der Waals surface area contributed by atoms with Crippen LogP contribution >= 0.6 is 0 Å². The molecule has 0 aliphatic rings. The van der Waals surface area contributed by atoms with E-state index >= 15 is 0 Å². The normalized spacial score (nSPS) is 9.67. The molecule has 0 atom stereocenters. The molecule has 18 heavy (non-hydrogen) atoms. The molecule has 3 nitrogen and oxygen atoms in total. The highest BCUT2D eigenvalue weighted by molar-refractivity contribution is 5.47. The summed E-state index contributed by atoms with van der Waals surface area (Å²) >= 11 is 0. The van der Waals surface area contributed by atoms with Gasteiger partial charge in [0.1, 0.15) is 0 Å². The van der Waals surface area contributed by atoms with Crippen LogP contribution in [0, 0.1) is 11.8 Å². The summed E-state index contributed by atoms with van der Waals surface area (Å²) in [5.41, 5.74) is 3.20. The van der Waals surface area contributed by atoms with Crippen LogP contribution in [-0.4, -0.2) is 16.3 Å². The van der Waals surface area contributed by atoms with Crippen LogP contribution in [0.2, 0.25) is 0 Å². The van der Waals surface area contributed by atoms with E-state index in [0.29, 0.717) is 6.54 Å². The Kier molecular flexibility index (Phi) is 4.03. The SMILES string of the molecule is CCc1nn(C)cc1NCC#Cc1ccccc1. The lowest BCUT2D eigenvalue weighted by Crippen LogP contribution is -2.00. The molecule has 0 unspecified atom stereocenters. The highest BCUT2D eigenvalue weighted by atomic mass is 15.3. The van der Waals surface area contributed by atoms with Gasteiger partial charge < -0.3 is 5.32 Å². The lowest BCUT2D eigenvalue weighted by Gasteiger charge is -1.99. The van der Waals surface area contributed by atoms with Gasteiger partial charge in [0.2, 0.25) is 0 Å². The number of anilines is 1. The molecular weight excluding hydrogens is 222 g/mol. The Morgan fingerprint density at radius 3 is 2.78 bits per heavy atom. The van der Waals surface area contributed by atoms with E-state index in [4.69, 9.17) is 0 Å². The van der Waals surface area contributed by atoms with Crippen LogP contribution in [-0.2, 0) is 13.5 Å². The van der Waals surface area contributed by atoms with E-state index < -0.39 is 0 Å². The highest BCUT2D eigenvalue weighted by Crippen LogP contribution is 2.12. The van der Waals surface area contributed by atoms with E-state index in [2.05, 4.69) is 29.2 Å². The first-order valence-electron chi connectivity index (χ1n) is 6.10. The predicted octanol–water partition coefficient (Wildman–Crippen LogP) is 2.45. The van der Waals surface area contributed by atoms with Crippen molar-refractivity contribution in [3.63, 3.8) is 0 Å². The van der Waals surface area contributed by atoms with Gasteiger partial charge in [0.25, 0.3) is 0 Å². The second-order valence-corrected chi connectivity index (χ2v) is 4.04. The molecule has 0 amide bonds. The van der Waals surface area contributed by atoms with Gasteiger partial charge in [-0.25, -0.2) is 0 Å². The summed E-state index contributed by atoms with van der Waals surface area (Å²) < 4.78 is 1.83. The van der Waals surface area contributed by atoms with Crippen molar-refractivity contribution in [2.75, 3.05) is 11.9 Å². The monoisotopic (exact) mass is 239 g/mol. The topological polar surface area (TPSA) is 29.9 Å². The second-order valence-electron chi connectivity index (χ2n) is 4.04. The van der Waals surface area contributed by atoms with E-state index in [1.54, 1.807) is 0 Å². The molecule has 2 rings (SSSR count). The lowest BCUT2D eigenvalue weighted by molar-refractivity contribution is 0.746. The van der Waals surface area contributed by atoms with Gasteiger partial charge in [-0.2, -0.15) is 5.10 Å². The molecule has 3 heteroatoms. The minimum atomic E-state index is 0.633. The van der Waals surface area contributed by atoms with Gasteiger partial charge >= 0.3 is 0 Å². The lowest BCUT2D eigenvalue weighted by atomic mass is 10.2. The Bertz CT molecular complexity index is 558. The first-order valence-corrected chi connectivity index (χ1v) is 6.10. The maximum atomic E-state index is 4.37. The third-order valence-electron chi connectivity index (χ3n) is 2.61. The van der Waals surface area contributed by atoms with Crippen molar-refractivity contribution in [1.82, 2.24) is 9.78 Å². The molecule has 1 heterocycles. The highest BCUT2D eigenvalue weighted by Gasteiger charge is 2.03. The molecule has 0 aliphatic carbocycles. The summed E-state index contributed by atoms with van der Waals surface area (Å²) in [5, 5.41) is 7.67. The van der Waals surface area contributed by atoms with E-state index in [1.807, 2.05) is 48.3 Å². The number of aryl methyl sites for hydroxylation is 2. The van der Waals surface area contributed by atoms with E-state index in [1.165, 1.54) is 0 Å². The first kappa shape index (κ1) is 12.3. The molecule has 0 bridgehead atoms. The van der Waals surface area contributed by atoms with Gasteiger partial charge in [-0.1, -0.05) is 37.0 Å². The minimum Gasteiger partial charge on any atom is -0.371 e. The first-order chi connectivity index (χ1) is 8.79. The molecule has 1 aromatic heterocycles. The van der Waals surface area contributed by atoms with Crippen LogP contribution in [0.1, 0.15) is 18.2 Å². The Labute approximate surface area is 108 Å². The molecule has 0 saturated carbocycles. The van der Waals surface area contributed by atoms with Crippen molar-refractivity contribution in [3.05, 3.63) is 47.8 Å². The molecule has 1 aromatic carbocycles. The average molecular weight is 239 g/mol. The number of nitrogens with one attached hydrogen (secondary N) is 1. The van der Waals surface area contributed by atoms with Crippen LogP contribution < -0.4 is 5.32 Å². The summed E-state index contributed by atoms with van der Waals surface area (Å²) in [4.78, 5) is 0. The molecular formula is C15H17N3. The number of nitrogens with zero attached hydrogens (tertiary/aromatic N) is 2. The van der Waals surface area contributed by atoms with Crippen LogP contribution in [0.15, 0.2) is 36.5 Å². The van der Waals surface area contributed by atoms with Crippen LogP contribution in [0.5, 0.6) is 0 Å². The molecule has 1 N–H and O–H groups in total. The zero-order valence-corrected chi connectivity index (χ0v) is 10.8. The fraction of sp³-hybridized carbons (Fsp3) is 0.267. The summed E-state index contributed by atoms with van der Waals surface area (Å²) in [6.07, 6.45) is 2.91.